The molecule has 0 radical (unpaired) electrons. The number of carbonyl (C=O) groups is 1. The number of nitrogens with one attached hydrogen (secondary N) is 2. The molecule has 0 bridgehead atoms. The molecular weight excluding hydrogens is 345 g/mol. The standard InChI is InChI=1S/C20H28FN5O/c1-25-12-4-3-5-18(25)10-11-22-20(27)26(2)14-16-13-23-24-19(16)15-6-8-17(21)9-7-15/h6-9,13,18H,3-5,10-12,14H2,1-2H3,(H,22,27)(H,23,24). The van der Waals surface area contributed by atoms with Crippen molar-refractivity contribution in [1.29, 1.82) is 0 Å². The molecule has 1 atom stereocenters. The quantitative estimate of drug-likeness (QED) is 0.817. The first-order valence-electron chi connectivity index (χ1n) is 9.52. The molecule has 1 aliphatic heterocycles. The van der Waals surface area contributed by atoms with Gasteiger partial charge in [-0.1, -0.05) is 6.42 Å². The Morgan fingerprint density at radius 2 is 2.15 bits per heavy atom. The van der Waals surface area contributed by atoms with Gasteiger partial charge in [0.1, 0.15) is 5.82 Å². The Hall–Kier alpha value is -2.41. The number of amides is 2. The predicted octanol–water partition coefficient (Wildman–Crippen LogP) is 3.23. The molecule has 2 N–H and O–H groups in total. The maximum absolute atomic E-state index is 13.1. The van der Waals surface area contributed by atoms with E-state index in [2.05, 4.69) is 27.5 Å². The molecule has 1 aliphatic rings. The summed E-state index contributed by atoms with van der Waals surface area (Å²) >= 11 is 0. The van der Waals surface area contributed by atoms with E-state index >= 15 is 0 Å². The molecule has 1 aromatic carbocycles. The number of rotatable bonds is 6. The Labute approximate surface area is 159 Å². The van der Waals surface area contributed by atoms with Crippen LogP contribution in [0.4, 0.5) is 9.18 Å². The summed E-state index contributed by atoms with van der Waals surface area (Å²) in [6.07, 6.45) is 6.43. The molecule has 0 aliphatic carbocycles. The number of hydrogen-bond donors (Lipinski definition) is 2. The minimum atomic E-state index is -0.278. The van der Waals surface area contributed by atoms with Crippen molar-refractivity contribution in [3.63, 3.8) is 0 Å². The number of benzene rings is 1. The first-order chi connectivity index (χ1) is 13.0. The predicted molar refractivity (Wildman–Crippen MR) is 104 cm³/mol. The molecule has 0 spiro atoms. The number of urea groups is 1. The normalized spacial score (nSPS) is 17.7. The van der Waals surface area contributed by atoms with Gasteiger partial charge >= 0.3 is 6.03 Å². The zero-order valence-electron chi connectivity index (χ0n) is 16.0. The number of carbonyl (C=O) groups excluding carboxylic acids is 1. The highest BCUT2D eigenvalue weighted by Gasteiger charge is 2.19. The summed E-state index contributed by atoms with van der Waals surface area (Å²) in [4.78, 5) is 16.4. The Bertz CT molecular complexity index is 745. The summed E-state index contributed by atoms with van der Waals surface area (Å²) in [7, 11) is 3.93. The molecule has 146 valence electrons. The van der Waals surface area contributed by atoms with Crippen LogP contribution in [-0.2, 0) is 6.54 Å². The number of nitrogens with zero attached hydrogens (tertiary/aromatic N) is 3. The zero-order valence-corrected chi connectivity index (χ0v) is 16.0. The van der Waals surface area contributed by atoms with Crippen LogP contribution in [0.25, 0.3) is 11.3 Å². The van der Waals surface area contributed by atoms with Crippen LogP contribution >= 0.6 is 0 Å². The molecule has 2 amide bonds. The zero-order chi connectivity index (χ0) is 19.2. The molecule has 1 fully saturated rings. The third-order valence-electron chi connectivity index (χ3n) is 5.28. The summed E-state index contributed by atoms with van der Waals surface area (Å²) < 4.78 is 13.1. The molecule has 27 heavy (non-hydrogen) atoms. The van der Waals surface area contributed by atoms with E-state index in [0.29, 0.717) is 19.1 Å². The van der Waals surface area contributed by atoms with Gasteiger partial charge in [0.05, 0.1) is 18.4 Å². The number of H-pyrrole nitrogens is 1. The highest BCUT2D eigenvalue weighted by atomic mass is 19.1. The van der Waals surface area contributed by atoms with Gasteiger partial charge in [-0.3, -0.25) is 5.10 Å². The van der Waals surface area contributed by atoms with Crippen molar-refractivity contribution in [2.45, 2.75) is 38.3 Å². The average Bonchev–Trinajstić information content (AvgIpc) is 3.12. The van der Waals surface area contributed by atoms with E-state index in [0.717, 1.165) is 29.8 Å². The monoisotopic (exact) mass is 373 g/mol. The van der Waals surface area contributed by atoms with Crippen molar-refractivity contribution in [3.05, 3.63) is 41.8 Å². The van der Waals surface area contributed by atoms with Gasteiger partial charge in [0.15, 0.2) is 0 Å². The lowest BCUT2D eigenvalue weighted by Gasteiger charge is -2.32. The number of aromatic nitrogens is 2. The molecule has 2 heterocycles. The largest absolute Gasteiger partial charge is 0.338 e. The number of halogens is 1. The SMILES string of the molecule is CN(Cc1cn[nH]c1-c1ccc(F)cc1)C(=O)NCCC1CCCCN1C. The molecule has 1 saturated heterocycles. The van der Waals surface area contributed by atoms with Gasteiger partial charge < -0.3 is 15.1 Å². The van der Waals surface area contributed by atoms with Gasteiger partial charge in [-0.2, -0.15) is 5.10 Å². The van der Waals surface area contributed by atoms with Crippen LogP contribution in [0.15, 0.2) is 30.5 Å². The lowest BCUT2D eigenvalue weighted by molar-refractivity contribution is 0.172. The van der Waals surface area contributed by atoms with Crippen LogP contribution in [-0.4, -0.2) is 59.3 Å². The van der Waals surface area contributed by atoms with Gasteiger partial charge in [-0.25, -0.2) is 9.18 Å². The summed E-state index contributed by atoms with van der Waals surface area (Å²) in [5.41, 5.74) is 2.54. The summed E-state index contributed by atoms with van der Waals surface area (Å²) in [5.74, 6) is -0.278. The third-order valence-corrected chi connectivity index (χ3v) is 5.28. The van der Waals surface area contributed by atoms with Crippen molar-refractivity contribution in [1.82, 2.24) is 25.3 Å². The molecule has 1 unspecified atom stereocenters. The van der Waals surface area contributed by atoms with Crippen LogP contribution in [0, 0.1) is 5.82 Å². The molecule has 7 heteroatoms. The first kappa shape index (κ1) is 19.4. The van der Waals surface area contributed by atoms with Gasteiger partial charge in [0.25, 0.3) is 0 Å². The molecule has 3 rings (SSSR count). The van der Waals surface area contributed by atoms with Crippen molar-refractivity contribution in [2.24, 2.45) is 0 Å². The smallest absolute Gasteiger partial charge is 0.317 e. The molecular formula is C20H28FN5O. The van der Waals surface area contributed by atoms with Crippen molar-refractivity contribution >= 4 is 6.03 Å². The highest BCUT2D eigenvalue weighted by Crippen LogP contribution is 2.22. The maximum Gasteiger partial charge on any atom is 0.317 e. The molecule has 2 aromatic rings. The first-order valence-corrected chi connectivity index (χ1v) is 9.52. The molecule has 1 aromatic heterocycles. The number of aromatic amines is 1. The molecule has 6 nitrogen and oxygen atoms in total. The van der Waals surface area contributed by atoms with Crippen molar-refractivity contribution in [3.8, 4) is 11.3 Å². The number of hydrogen-bond acceptors (Lipinski definition) is 3. The van der Waals surface area contributed by atoms with E-state index in [-0.39, 0.29) is 11.8 Å². The van der Waals surface area contributed by atoms with E-state index in [4.69, 9.17) is 0 Å². The van der Waals surface area contributed by atoms with Gasteiger partial charge in [-0.05, 0) is 57.1 Å². The minimum absolute atomic E-state index is 0.0975. The van der Waals surface area contributed by atoms with Crippen LogP contribution in [0.2, 0.25) is 0 Å². The fourth-order valence-electron chi connectivity index (χ4n) is 3.61. The van der Waals surface area contributed by atoms with E-state index in [1.165, 1.54) is 31.4 Å². The maximum atomic E-state index is 13.1. The Morgan fingerprint density at radius 3 is 2.89 bits per heavy atom. The second-order valence-electron chi connectivity index (χ2n) is 7.28. The van der Waals surface area contributed by atoms with E-state index in [1.807, 2.05) is 0 Å². The van der Waals surface area contributed by atoms with Crippen molar-refractivity contribution in [2.75, 3.05) is 27.2 Å². The topological polar surface area (TPSA) is 64.3 Å². The molecule has 0 saturated carbocycles. The van der Waals surface area contributed by atoms with Gasteiger partial charge in [-0.15, -0.1) is 0 Å². The third kappa shape index (κ3) is 5.07. The van der Waals surface area contributed by atoms with E-state index in [9.17, 15) is 9.18 Å². The van der Waals surface area contributed by atoms with Crippen molar-refractivity contribution < 1.29 is 9.18 Å². The van der Waals surface area contributed by atoms with Crippen LogP contribution in [0.1, 0.15) is 31.2 Å². The Balaban J connectivity index is 1.51. The Kier molecular flexibility index (Phi) is 6.45. The van der Waals surface area contributed by atoms with E-state index < -0.39 is 0 Å². The van der Waals surface area contributed by atoms with Crippen LogP contribution in [0.5, 0.6) is 0 Å². The number of piperidine rings is 1. The van der Waals surface area contributed by atoms with Gasteiger partial charge in [0, 0.05) is 30.8 Å². The second kappa shape index (κ2) is 8.99. The summed E-state index contributed by atoms with van der Waals surface area (Å²) in [6, 6.07) is 6.69. The fourth-order valence-corrected chi connectivity index (χ4v) is 3.61. The Morgan fingerprint density at radius 1 is 1.37 bits per heavy atom. The van der Waals surface area contributed by atoms with E-state index in [1.54, 1.807) is 30.3 Å². The fraction of sp³-hybridized carbons (Fsp3) is 0.500. The summed E-state index contributed by atoms with van der Waals surface area (Å²) in [6.45, 7) is 2.25. The lowest BCUT2D eigenvalue weighted by atomic mass is 10.0. The minimum Gasteiger partial charge on any atom is -0.338 e. The lowest BCUT2D eigenvalue weighted by Crippen LogP contribution is -2.41. The number of likely N-dealkylation sites (tertiary alicyclic amines) is 1. The van der Waals surface area contributed by atoms with Gasteiger partial charge in [0.2, 0.25) is 0 Å². The second-order valence-corrected chi connectivity index (χ2v) is 7.28. The van der Waals surface area contributed by atoms with Crippen LogP contribution < -0.4 is 5.32 Å². The van der Waals surface area contributed by atoms with Crippen LogP contribution in [0.3, 0.4) is 0 Å². The summed E-state index contributed by atoms with van der Waals surface area (Å²) in [5, 5.41) is 10.0. The average molecular weight is 373 g/mol. The highest BCUT2D eigenvalue weighted by molar-refractivity contribution is 5.74.